The largest absolute Gasteiger partial charge is 0.460 e. The highest BCUT2D eigenvalue weighted by atomic mass is 79.9. The Balaban J connectivity index is 2.60. The number of nitrogens with zero attached hydrogens (tertiary/aromatic N) is 2. The van der Waals surface area contributed by atoms with Crippen molar-refractivity contribution in [1.29, 1.82) is 0 Å². The number of hydrogen-bond donors (Lipinski definition) is 1. The Morgan fingerprint density at radius 3 is 3.06 bits per heavy atom. The first kappa shape index (κ1) is 11.7. The molecule has 2 heterocycles. The molecule has 0 aliphatic rings. The summed E-state index contributed by atoms with van der Waals surface area (Å²) in [6.45, 7) is 1.89. The number of aromatic amines is 1. The number of halogens is 1. The van der Waals surface area contributed by atoms with Gasteiger partial charge in [-0.3, -0.25) is 4.79 Å². The van der Waals surface area contributed by atoms with Crippen LogP contribution in [0.4, 0.5) is 0 Å². The molecular formula is C10H8BrN3O3. The van der Waals surface area contributed by atoms with E-state index >= 15 is 0 Å². The SMILES string of the molecule is CCOC(=O)c1nc2ncc(Br)cc2c(=O)[nH]1. The van der Waals surface area contributed by atoms with Crippen LogP contribution in [0.5, 0.6) is 0 Å². The monoisotopic (exact) mass is 297 g/mol. The third-order valence-corrected chi connectivity index (χ3v) is 2.43. The Morgan fingerprint density at radius 1 is 1.59 bits per heavy atom. The second-order valence-corrected chi connectivity index (χ2v) is 4.08. The van der Waals surface area contributed by atoms with E-state index in [0.29, 0.717) is 9.86 Å². The molecule has 2 rings (SSSR count). The Morgan fingerprint density at radius 2 is 2.35 bits per heavy atom. The Hall–Kier alpha value is -1.76. The third-order valence-electron chi connectivity index (χ3n) is 2.00. The number of rotatable bonds is 2. The van der Waals surface area contributed by atoms with Gasteiger partial charge in [-0.15, -0.1) is 0 Å². The van der Waals surface area contributed by atoms with E-state index in [2.05, 4.69) is 30.9 Å². The number of fused-ring (bicyclic) bond motifs is 1. The van der Waals surface area contributed by atoms with E-state index in [1.807, 2.05) is 0 Å². The smallest absolute Gasteiger partial charge is 0.374 e. The van der Waals surface area contributed by atoms with Gasteiger partial charge in [-0.2, -0.15) is 0 Å². The van der Waals surface area contributed by atoms with Crippen molar-refractivity contribution in [3.05, 3.63) is 32.9 Å². The summed E-state index contributed by atoms with van der Waals surface area (Å²) < 4.78 is 5.41. The van der Waals surface area contributed by atoms with E-state index < -0.39 is 11.5 Å². The first-order valence-corrected chi connectivity index (χ1v) is 5.64. The predicted octanol–water partition coefficient (Wildman–Crippen LogP) is 1.26. The zero-order valence-electron chi connectivity index (χ0n) is 8.86. The van der Waals surface area contributed by atoms with Crippen LogP contribution in [-0.4, -0.2) is 27.5 Å². The van der Waals surface area contributed by atoms with Gasteiger partial charge in [-0.1, -0.05) is 0 Å². The molecular weight excluding hydrogens is 290 g/mol. The third kappa shape index (κ3) is 2.33. The van der Waals surface area contributed by atoms with Crippen molar-refractivity contribution in [1.82, 2.24) is 15.0 Å². The van der Waals surface area contributed by atoms with Crippen molar-refractivity contribution in [3.8, 4) is 0 Å². The van der Waals surface area contributed by atoms with E-state index in [4.69, 9.17) is 4.74 Å². The average molecular weight is 298 g/mol. The summed E-state index contributed by atoms with van der Waals surface area (Å²) in [5, 5.41) is 0.312. The number of aromatic nitrogens is 3. The van der Waals surface area contributed by atoms with Gasteiger partial charge < -0.3 is 9.72 Å². The van der Waals surface area contributed by atoms with Crippen molar-refractivity contribution in [2.24, 2.45) is 0 Å². The summed E-state index contributed by atoms with van der Waals surface area (Å²) in [7, 11) is 0. The van der Waals surface area contributed by atoms with Gasteiger partial charge in [0.05, 0.1) is 12.0 Å². The standard InChI is InChI=1S/C10H8BrN3O3/c1-2-17-10(16)8-13-7-6(9(15)14-8)3-5(11)4-12-7/h3-4H,2H2,1H3,(H,12,13,14,15). The van der Waals surface area contributed by atoms with Crippen LogP contribution in [-0.2, 0) is 4.74 Å². The maximum atomic E-state index is 11.7. The van der Waals surface area contributed by atoms with Crippen LogP contribution >= 0.6 is 15.9 Å². The van der Waals surface area contributed by atoms with Crippen molar-refractivity contribution in [2.75, 3.05) is 6.61 Å². The minimum atomic E-state index is -0.670. The fourth-order valence-corrected chi connectivity index (χ4v) is 1.62. The molecule has 0 spiro atoms. The molecule has 0 amide bonds. The second kappa shape index (κ2) is 4.62. The van der Waals surface area contributed by atoms with Gasteiger partial charge in [0.2, 0.25) is 5.82 Å². The first-order valence-electron chi connectivity index (χ1n) is 4.84. The molecule has 7 heteroatoms. The van der Waals surface area contributed by atoms with Gasteiger partial charge in [-0.05, 0) is 28.9 Å². The highest BCUT2D eigenvalue weighted by Gasteiger charge is 2.12. The van der Waals surface area contributed by atoms with Crippen molar-refractivity contribution in [3.63, 3.8) is 0 Å². The summed E-state index contributed by atoms with van der Waals surface area (Å²) in [5.74, 6) is -0.810. The van der Waals surface area contributed by atoms with E-state index in [-0.39, 0.29) is 18.1 Å². The summed E-state index contributed by atoms with van der Waals surface area (Å²) in [6, 6.07) is 1.59. The van der Waals surface area contributed by atoms with Crippen molar-refractivity contribution >= 4 is 32.9 Å². The molecule has 0 bridgehead atoms. The van der Waals surface area contributed by atoms with Crippen LogP contribution in [0.15, 0.2) is 21.5 Å². The zero-order chi connectivity index (χ0) is 12.4. The molecule has 0 atom stereocenters. The van der Waals surface area contributed by atoms with Crippen molar-refractivity contribution < 1.29 is 9.53 Å². The minimum Gasteiger partial charge on any atom is -0.460 e. The number of H-pyrrole nitrogens is 1. The average Bonchev–Trinajstić information content (AvgIpc) is 2.30. The molecule has 0 aliphatic heterocycles. The number of nitrogens with one attached hydrogen (secondary N) is 1. The molecule has 0 saturated heterocycles. The molecule has 88 valence electrons. The number of ether oxygens (including phenoxy) is 1. The molecule has 6 nitrogen and oxygen atoms in total. The molecule has 0 radical (unpaired) electrons. The van der Waals surface area contributed by atoms with Gasteiger partial charge in [0.15, 0.2) is 5.65 Å². The summed E-state index contributed by atoms with van der Waals surface area (Å²) in [4.78, 5) is 33.4. The van der Waals surface area contributed by atoms with Gasteiger partial charge in [0.25, 0.3) is 5.56 Å². The van der Waals surface area contributed by atoms with Gasteiger partial charge in [0.1, 0.15) is 0 Å². The van der Waals surface area contributed by atoms with Crippen LogP contribution in [0.3, 0.4) is 0 Å². The topological polar surface area (TPSA) is 84.9 Å². The van der Waals surface area contributed by atoms with Gasteiger partial charge in [0, 0.05) is 10.7 Å². The molecule has 2 aromatic heterocycles. The molecule has 0 unspecified atom stereocenters. The van der Waals surface area contributed by atoms with E-state index in [9.17, 15) is 9.59 Å². The van der Waals surface area contributed by atoms with E-state index in [1.54, 1.807) is 13.0 Å². The summed E-state index contributed by atoms with van der Waals surface area (Å²) >= 11 is 3.20. The molecule has 0 aliphatic carbocycles. The maximum absolute atomic E-state index is 11.7. The molecule has 0 aromatic carbocycles. The van der Waals surface area contributed by atoms with E-state index in [1.165, 1.54) is 6.20 Å². The number of esters is 1. The quantitative estimate of drug-likeness (QED) is 0.844. The maximum Gasteiger partial charge on any atom is 0.374 e. The van der Waals surface area contributed by atoms with Crippen LogP contribution < -0.4 is 5.56 Å². The Bertz CT molecular complexity index is 638. The fourth-order valence-electron chi connectivity index (χ4n) is 1.29. The lowest BCUT2D eigenvalue weighted by Crippen LogP contribution is -2.18. The molecule has 2 aromatic rings. The number of hydrogen-bond acceptors (Lipinski definition) is 5. The van der Waals surface area contributed by atoms with Crippen LogP contribution in [0, 0.1) is 0 Å². The predicted molar refractivity (Wildman–Crippen MR) is 63.8 cm³/mol. The normalized spacial score (nSPS) is 10.5. The molecule has 1 N–H and O–H groups in total. The van der Waals surface area contributed by atoms with Crippen LogP contribution in [0.25, 0.3) is 11.0 Å². The summed E-state index contributed by atoms with van der Waals surface area (Å²) in [5.41, 5.74) is -0.216. The van der Waals surface area contributed by atoms with E-state index in [0.717, 1.165) is 0 Å². The molecule has 17 heavy (non-hydrogen) atoms. The lowest BCUT2D eigenvalue weighted by molar-refractivity contribution is 0.0512. The second-order valence-electron chi connectivity index (χ2n) is 3.16. The lowest BCUT2D eigenvalue weighted by atomic mass is 10.3. The first-order chi connectivity index (χ1) is 8.11. The summed E-state index contributed by atoms with van der Waals surface area (Å²) in [6.07, 6.45) is 1.50. The highest BCUT2D eigenvalue weighted by molar-refractivity contribution is 9.10. The number of pyridine rings is 1. The van der Waals surface area contributed by atoms with Gasteiger partial charge in [-0.25, -0.2) is 14.8 Å². The van der Waals surface area contributed by atoms with Crippen molar-refractivity contribution in [2.45, 2.75) is 6.92 Å². The lowest BCUT2D eigenvalue weighted by Gasteiger charge is -2.02. The Labute approximate surface area is 104 Å². The van der Waals surface area contributed by atoms with Gasteiger partial charge >= 0.3 is 5.97 Å². The Kier molecular flexibility index (Phi) is 3.19. The molecule has 0 saturated carbocycles. The minimum absolute atomic E-state index is 0.140. The molecule has 0 fully saturated rings. The van der Waals surface area contributed by atoms with Crippen LogP contribution in [0.2, 0.25) is 0 Å². The highest BCUT2D eigenvalue weighted by Crippen LogP contribution is 2.12. The van der Waals surface area contributed by atoms with Crippen LogP contribution in [0.1, 0.15) is 17.5 Å². The zero-order valence-corrected chi connectivity index (χ0v) is 10.4. The number of carbonyl (C=O) groups is 1. The number of carbonyl (C=O) groups excluding carboxylic acids is 1. The fraction of sp³-hybridized carbons (Fsp3) is 0.200.